The van der Waals surface area contributed by atoms with Crippen molar-refractivity contribution in [2.75, 3.05) is 37.6 Å². The molecule has 2 fully saturated rings. The molecule has 0 aromatic carbocycles. The first kappa shape index (κ1) is 19.0. The van der Waals surface area contributed by atoms with E-state index in [1.165, 1.54) is 6.42 Å². The second-order valence-corrected chi connectivity index (χ2v) is 5.50. The zero-order chi connectivity index (χ0) is 13.8. The Bertz CT molecular complexity index is 446. The van der Waals surface area contributed by atoms with Crippen LogP contribution in [-0.4, -0.2) is 54.6 Å². The van der Waals surface area contributed by atoms with Gasteiger partial charge in [0.2, 0.25) is 5.91 Å². The Hall–Kier alpha value is -1.04. The first-order chi connectivity index (χ1) is 9.84. The fraction of sp³-hybridized carbons (Fsp3) is 0.600. The van der Waals surface area contributed by atoms with Crippen molar-refractivity contribution in [1.29, 1.82) is 0 Å². The van der Waals surface area contributed by atoms with Crippen molar-refractivity contribution >= 4 is 36.5 Å². The maximum absolute atomic E-state index is 12.4. The normalized spacial score (nSPS) is 21.5. The van der Waals surface area contributed by atoms with E-state index in [2.05, 4.69) is 15.2 Å². The van der Waals surface area contributed by atoms with E-state index in [4.69, 9.17) is 0 Å². The molecule has 0 radical (unpaired) electrons. The second kappa shape index (κ2) is 9.18. The van der Waals surface area contributed by atoms with Gasteiger partial charge < -0.3 is 15.1 Å². The average Bonchev–Trinajstić information content (AvgIpc) is 2.56. The number of piperazine rings is 1. The molecule has 2 saturated heterocycles. The van der Waals surface area contributed by atoms with E-state index in [0.717, 1.165) is 51.4 Å². The van der Waals surface area contributed by atoms with Crippen molar-refractivity contribution < 1.29 is 4.79 Å². The van der Waals surface area contributed by atoms with Gasteiger partial charge >= 0.3 is 0 Å². The molecule has 3 rings (SSSR count). The molecule has 2 aliphatic heterocycles. The minimum Gasteiger partial charge on any atom is -0.353 e. The molecule has 0 spiro atoms. The van der Waals surface area contributed by atoms with Gasteiger partial charge in [0.05, 0.1) is 6.04 Å². The van der Waals surface area contributed by atoms with E-state index in [1.54, 1.807) is 0 Å². The van der Waals surface area contributed by atoms with Crippen molar-refractivity contribution in [1.82, 2.24) is 15.2 Å². The Morgan fingerprint density at radius 1 is 1.14 bits per heavy atom. The molecule has 1 N–H and O–H groups in total. The van der Waals surface area contributed by atoms with Gasteiger partial charge in [-0.15, -0.1) is 24.8 Å². The number of rotatable bonds is 2. The highest BCUT2D eigenvalue weighted by Crippen LogP contribution is 2.15. The number of aromatic nitrogens is 1. The van der Waals surface area contributed by atoms with Crippen LogP contribution in [0.4, 0.5) is 5.82 Å². The summed E-state index contributed by atoms with van der Waals surface area (Å²) in [6.45, 7) is 4.32. The Morgan fingerprint density at radius 2 is 1.91 bits per heavy atom. The van der Waals surface area contributed by atoms with Crippen LogP contribution in [0.25, 0.3) is 0 Å². The minimum absolute atomic E-state index is 0. The Labute approximate surface area is 144 Å². The molecule has 0 saturated carbocycles. The number of nitrogens with zero attached hydrogens (tertiary/aromatic N) is 3. The maximum atomic E-state index is 12.4. The third-order valence-corrected chi connectivity index (χ3v) is 4.17. The quantitative estimate of drug-likeness (QED) is 0.885. The van der Waals surface area contributed by atoms with Gasteiger partial charge in [-0.1, -0.05) is 12.5 Å². The lowest BCUT2D eigenvalue weighted by Gasteiger charge is -2.37. The van der Waals surface area contributed by atoms with Gasteiger partial charge in [0, 0.05) is 32.4 Å². The van der Waals surface area contributed by atoms with Crippen LogP contribution < -0.4 is 10.2 Å². The number of piperidine rings is 1. The number of halogens is 2. The molecule has 5 nitrogen and oxygen atoms in total. The largest absolute Gasteiger partial charge is 0.353 e. The summed E-state index contributed by atoms with van der Waals surface area (Å²) in [5.41, 5.74) is 0. The molecule has 1 atom stereocenters. The van der Waals surface area contributed by atoms with E-state index in [9.17, 15) is 4.79 Å². The first-order valence-corrected chi connectivity index (χ1v) is 7.53. The van der Waals surface area contributed by atoms with Gasteiger partial charge in [0.25, 0.3) is 0 Å². The lowest BCUT2D eigenvalue weighted by atomic mass is 10.0. The fourth-order valence-corrected chi connectivity index (χ4v) is 2.98. The summed E-state index contributed by atoms with van der Waals surface area (Å²) in [6.07, 6.45) is 5.16. The summed E-state index contributed by atoms with van der Waals surface area (Å²) in [6, 6.07) is 6.01. The molecule has 0 bridgehead atoms. The van der Waals surface area contributed by atoms with Crippen LogP contribution in [0.5, 0.6) is 0 Å². The molecule has 1 aromatic heterocycles. The molecule has 0 aliphatic carbocycles. The van der Waals surface area contributed by atoms with E-state index in [0.29, 0.717) is 0 Å². The number of hydrogen-bond acceptors (Lipinski definition) is 4. The predicted octanol–water partition coefficient (Wildman–Crippen LogP) is 1.72. The van der Waals surface area contributed by atoms with E-state index >= 15 is 0 Å². The van der Waals surface area contributed by atoms with Crippen LogP contribution in [0.15, 0.2) is 24.4 Å². The van der Waals surface area contributed by atoms with Gasteiger partial charge in [-0.2, -0.15) is 0 Å². The lowest BCUT2D eigenvalue weighted by Crippen LogP contribution is -2.55. The third-order valence-electron chi connectivity index (χ3n) is 4.17. The smallest absolute Gasteiger partial charge is 0.239 e. The Balaban J connectivity index is 0.00000121. The van der Waals surface area contributed by atoms with Crippen LogP contribution in [0.3, 0.4) is 0 Å². The van der Waals surface area contributed by atoms with Gasteiger partial charge in [0.1, 0.15) is 5.82 Å². The van der Waals surface area contributed by atoms with E-state index < -0.39 is 0 Å². The topological polar surface area (TPSA) is 48.5 Å². The third kappa shape index (κ3) is 4.48. The first-order valence-electron chi connectivity index (χ1n) is 7.53. The van der Waals surface area contributed by atoms with Crippen LogP contribution in [0, 0.1) is 0 Å². The molecular weight excluding hydrogens is 323 g/mol. The van der Waals surface area contributed by atoms with Crippen LogP contribution in [-0.2, 0) is 4.79 Å². The van der Waals surface area contributed by atoms with Gasteiger partial charge in [0.15, 0.2) is 0 Å². The van der Waals surface area contributed by atoms with Gasteiger partial charge in [-0.25, -0.2) is 4.98 Å². The summed E-state index contributed by atoms with van der Waals surface area (Å²) in [5, 5.41) is 3.34. The molecule has 1 amide bonds. The fourth-order valence-electron chi connectivity index (χ4n) is 2.98. The lowest BCUT2D eigenvalue weighted by molar-refractivity contribution is -0.134. The second-order valence-electron chi connectivity index (χ2n) is 5.50. The SMILES string of the molecule is Cl.Cl.O=C([C@@H]1CCCCN1)N1CCN(c2ccccn2)CC1. The molecule has 3 heterocycles. The van der Waals surface area contributed by atoms with Crippen molar-refractivity contribution in [3.05, 3.63) is 24.4 Å². The van der Waals surface area contributed by atoms with Crippen molar-refractivity contribution in [3.63, 3.8) is 0 Å². The van der Waals surface area contributed by atoms with Crippen molar-refractivity contribution in [2.45, 2.75) is 25.3 Å². The minimum atomic E-state index is 0. The van der Waals surface area contributed by atoms with Crippen LogP contribution in [0.2, 0.25) is 0 Å². The van der Waals surface area contributed by atoms with Crippen molar-refractivity contribution in [2.24, 2.45) is 0 Å². The van der Waals surface area contributed by atoms with E-state index in [-0.39, 0.29) is 36.8 Å². The standard InChI is InChI=1S/C15H22N4O.2ClH/c20-15(13-5-1-3-7-16-13)19-11-9-18(10-12-19)14-6-2-4-8-17-14;;/h2,4,6,8,13,16H,1,3,5,7,9-12H2;2*1H/t13-;;/m0../s1. The van der Waals surface area contributed by atoms with E-state index in [1.807, 2.05) is 29.3 Å². The highest BCUT2D eigenvalue weighted by Gasteiger charge is 2.28. The molecule has 22 heavy (non-hydrogen) atoms. The summed E-state index contributed by atoms with van der Waals surface area (Å²) in [7, 11) is 0. The van der Waals surface area contributed by atoms with Gasteiger partial charge in [-0.05, 0) is 31.5 Å². The summed E-state index contributed by atoms with van der Waals surface area (Å²) in [4.78, 5) is 21.0. The number of amides is 1. The zero-order valence-electron chi connectivity index (χ0n) is 12.6. The number of pyridine rings is 1. The summed E-state index contributed by atoms with van der Waals surface area (Å²) < 4.78 is 0. The summed E-state index contributed by atoms with van der Waals surface area (Å²) >= 11 is 0. The van der Waals surface area contributed by atoms with Crippen molar-refractivity contribution in [3.8, 4) is 0 Å². The number of carbonyl (C=O) groups is 1. The maximum Gasteiger partial charge on any atom is 0.239 e. The Kier molecular flexibility index (Phi) is 7.93. The zero-order valence-corrected chi connectivity index (χ0v) is 14.2. The average molecular weight is 347 g/mol. The number of nitrogens with one attached hydrogen (secondary N) is 1. The molecule has 124 valence electrons. The number of anilines is 1. The number of carbonyl (C=O) groups excluding carboxylic acids is 1. The molecule has 2 aliphatic rings. The van der Waals surface area contributed by atoms with Crippen LogP contribution in [0.1, 0.15) is 19.3 Å². The predicted molar refractivity (Wildman–Crippen MR) is 93.2 cm³/mol. The highest BCUT2D eigenvalue weighted by atomic mass is 35.5. The van der Waals surface area contributed by atoms with Crippen LogP contribution >= 0.6 is 24.8 Å². The Morgan fingerprint density at radius 3 is 2.50 bits per heavy atom. The summed E-state index contributed by atoms with van der Waals surface area (Å²) in [5.74, 6) is 1.29. The molecule has 1 aromatic rings. The molecule has 0 unspecified atom stereocenters. The molecule has 7 heteroatoms. The highest BCUT2D eigenvalue weighted by molar-refractivity contribution is 5.85. The number of hydrogen-bond donors (Lipinski definition) is 1. The molecular formula is C15H24Cl2N4O. The van der Waals surface area contributed by atoms with Gasteiger partial charge in [-0.3, -0.25) is 4.79 Å². The monoisotopic (exact) mass is 346 g/mol.